The number of rotatable bonds is 9. The maximum absolute atomic E-state index is 13.3. The highest BCUT2D eigenvalue weighted by atomic mass is 19.1. The largest absolute Gasteiger partial charge is 0.369 e. The molecule has 0 radical (unpaired) electrons. The molecule has 24 heavy (non-hydrogen) atoms. The van der Waals surface area contributed by atoms with E-state index in [0.29, 0.717) is 18.5 Å². The molecule has 0 aliphatic carbocycles. The third kappa shape index (κ3) is 6.10. The summed E-state index contributed by atoms with van der Waals surface area (Å²) >= 11 is 0. The first-order valence-corrected chi connectivity index (χ1v) is 7.91. The van der Waals surface area contributed by atoms with Gasteiger partial charge in [-0.1, -0.05) is 5.57 Å². The topological polar surface area (TPSA) is 72.2 Å². The predicted molar refractivity (Wildman–Crippen MR) is 89.0 cm³/mol. The van der Waals surface area contributed by atoms with Crippen LogP contribution in [0.5, 0.6) is 0 Å². The van der Waals surface area contributed by atoms with Gasteiger partial charge in [-0.05, 0) is 50.8 Å². The Labute approximate surface area is 141 Å². The Hall–Kier alpha value is -2.24. The highest BCUT2D eigenvalue weighted by Crippen LogP contribution is 2.25. The summed E-state index contributed by atoms with van der Waals surface area (Å²) in [5.41, 5.74) is 6.65. The number of halogens is 2. The summed E-state index contributed by atoms with van der Waals surface area (Å²) in [7, 11) is 0. The second-order valence-electron chi connectivity index (χ2n) is 5.99. The van der Waals surface area contributed by atoms with Crippen molar-refractivity contribution in [3.8, 4) is 0 Å². The number of amides is 2. The van der Waals surface area contributed by atoms with Gasteiger partial charge < -0.3 is 11.1 Å². The quantitative estimate of drug-likeness (QED) is 0.680. The number of carbonyl (C=O) groups excluding carboxylic acids is 2. The van der Waals surface area contributed by atoms with E-state index in [1.54, 1.807) is 13.8 Å². The molecule has 0 aliphatic rings. The summed E-state index contributed by atoms with van der Waals surface area (Å²) in [5, 5.41) is 2.69. The molecule has 0 aromatic heterocycles. The van der Waals surface area contributed by atoms with Crippen molar-refractivity contribution in [2.75, 3.05) is 6.54 Å². The molecule has 4 nitrogen and oxygen atoms in total. The first kappa shape index (κ1) is 19.8. The molecule has 2 atom stereocenters. The lowest BCUT2D eigenvalue weighted by molar-refractivity contribution is -0.133. The van der Waals surface area contributed by atoms with E-state index in [4.69, 9.17) is 5.73 Å². The monoisotopic (exact) mass is 338 g/mol. The van der Waals surface area contributed by atoms with Crippen LogP contribution in [0, 0.1) is 23.5 Å². The number of aryl methyl sites for hydroxylation is 1. The highest BCUT2D eigenvalue weighted by molar-refractivity contribution is 5.87. The predicted octanol–water partition coefficient (Wildman–Crippen LogP) is 2.72. The first-order chi connectivity index (χ1) is 11.2. The SMILES string of the molecule is C=C(C)C[C@@H](C(=O)NCC)[C@H](CCc1cc(F)cc(F)c1)C(N)=O. The lowest BCUT2D eigenvalue weighted by atomic mass is 9.82. The van der Waals surface area contributed by atoms with Crippen LogP contribution in [-0.2, 0) is 16.0 Å². The number of carbonyl (C=O) groups is 2. The van der Waals surface area contributed by atoms with Gasteiger partial charge >= 0.3 is 0 Å². The van der Waals surface area contributed by atoms with Gasteiger partial charge in [0.05, 0.1) is 5.92 Å². The van der Waals surface area contributed by atoms with E-state index in [-0.39, 0.29) is 18.7 Å². The summed E-state index contributed by atoms with van der Waals surface area (Å²) in [4.78, 5) is 24.1. The van der Waals surface area contributed by atoms with Crippen molar-refractivity contribution in [2.24, 2.45) is 17.6 Å². The number of hydrogen-bond donors (Lipinski definition) is 2. The fraction of sp³-hybridized carbons (Fsp3) is 0.444. The van der Waals surface area contributed by atoms with Crippen LogP contribution in [-0.4, -0.2) is 18.4 Å². The van der Waals surface area contributed by atoms with Crippen LogP contribution in [0.4, 0.5) is 8.78 Å². The molecule has 0 saturated carbocycles. The van der Waals surface area contributed by atoms with Gasteiger partial charge in [-0.25, -0.2) is 8.78 Å². The molecule has 0 spiro atoms. The number of nitrogens with two attached hydrogens (primary N) is 1. The zero-order valence-electron chi connectivity index (χ0n) is 14.1. The zero-order valence-corrected chi connectivity index (χ0v) is 14.1. The molecule has 0 saturated heterocycles. The normalized spacial score (nSPS) is 13.2. The smallest absolute Gasteiger partial charge is 0.224 e. The second kappa shape index (κ2) is 9.15. The van der Waals surface area contributed by atoms with E-state index < -0.39 is 29.4 Å². The Balaban J connectivity index is 2.94. The third-order valence-electron chi connectivity index (χ3n) is 3.77. The van der Waals surface area contributed by atoms with Crippen molar-refractivity contribution in [2.45, 2.75) is 33.1 Å². The summed E-state index contributed by atoms with van der Waals surface area (Å²) in [6, 6.07) is 3.20. The van der Waals surface area contributed by atoms with Gasteiger partial charge in [0.15, 0.2) is 0 Å². The van der Waals surface area contributed by atoms with Gasteiger partial charge in [0, 0.05) is 18.5 Å². The number of allylic oxidation sites excluding steroid dienone is 1. The van der Waals surface area contributed by atoms with Crippen LogP contribution in [0.1, 0.15) is 32.3 Å². The summed E-state index contributed by atoms with van der Waals surface area (Å²) in [6.45, 7) is 7.78. The highest BCUT2D eigenvalue weighted by Gasteiger charge is 2.31. The molecule has 132 valence electrons. The minimum atomic E-state index is -0.737. The second-order valence-corrected chi connectivity index (χ2v) is 5.99. The van der Waals surface area contributed by atoms with Crippen LogP contribution in [0.3, 0.4) is 0 Å². The van der Waals surface area contributed by atoms with Gasteiger partial charge in [-0.15, -0.1) is 6.58 Å². The van der Waals surface area contributed by atoms with Crippen LogP contribution in [0.2, 0.25) is 0 Å². The van der Waals surface area contributed by atoms with E-state index >= 15 is 0 Å². The fourth-order valence-electron chi connectivity index (χ4n) is 2.72. The molecule has 1 rings (SSSR count). The number of primary amides is 1. The maximum atomic E-state index is 13.3. The Bertz CT molecular complexity index is 597. The average Bonchev–Trinajstić information content (AvgIpc) is 2.44. The van der Waals surface area contributed by atoms with E-state index in [2.05, 4.69) is 11.9 Å². The van der Waals surface area contributed by atoms with Crippen molar-refractivity contribution in [1.82, 2.24) is 5.32 Å². The minimum Gasteiger partial charge on any atom is -0.369 e. The van der Waals surface area contributed by atoms with E-state index in [0.717, 1.165) is 11.6 Å². The molecule has 1 aromatic carbocycles. The Morgan fingerprint density at radius 2 is 1.79 bits per heavy atom. The van der Waals surface area contributed by atoms with Crippen molar-refractivity contribution in [1.29, 1.82) is 0 Å². The summed E-state index contributed by atoms with van der Waals surface area (Å²) < 4.78 is 26.5. The molecular weight excluding hydrogens is 314 g/mol. The van der Waals surface area contributed by atoms with Crippen molar-refractivity contribution >= 4 is 11.8 Å². The van der Waals surface area contributed by atoms with Crippen LogP contribution < -0.4 is 11.1 Å². The van der Waals surface area contributed by atoms with Crippen LogP contribution in [0.25, 0.3) is 0 Å². The molecule has 0 bridgehead atoms. The number of hydrogen-bond acceptors (Lipinski definition) is 2. The molecule has 3 N–H and O–H groups in total. The fourth-order valence-corrected chi connectivity index (χ4v) is 2.72. The Kier molecular flexibility index (Phi) is 7.55. The Morgan fingerprint density at radius 1 is 1.21 bits per heavy atom. The average molecular weight is 338 g/mol. The molecule has 0 aliphatic heterocycles. The van der Waals surface area contributed by atoms with Crippen molar-refractivity contribution in [3.05, 3.63) is 47.5 Å². The van der Waals surface area contributed by atoms with E-state index in [9.17, 15) is 18.4 Å². The van der Waals surface area contributed by atoms with Crippen LogP contribution >= 0.6 is 0 Å². The van der Waals surface area contributed by atoms with Gasteiger partial charge in [0.2, 0.25) is 11.8 Å². The van der Waals surface area contributed by atoms with Crippen molar-refractivity contribution in [3.63, 3.8) is 0 Å². The molecule has 0 fully saturated rings. The first-order valence-electron chi connectivity index (χ1n) is 7.91. The van der Waals surface area contributed by atoms with Gasteiger partial charge in [-0.2, -0.15) is 0 Å². The van der Waals surface area contributed by atoms with Crippen LogP contribution in [0.15, 0.2) is 30.4 Å². The van der Waals surface area contributed by atoms with E-state index in [1.807, 2.05) is 0 Å². The van der Waals surface area contributed by atoms with Crippen molar-refractivity contribution < 1.29 is 18.4 Å². The molecular formula is C18H24F2N2O2. The lowest BCUT2D eigenvalue weighted by Gasteiger charge is -2.24. The third-order valence-corrected chi connectivity index (χ3v) is 3.77. The van der Waals surface area contributed by atoms with Gasteiger partial charge in [0.1, 0.15) is 11.6 Å². The Morgan fingerprint density at radius 3 is 2.25 bits per heavy atom. The molecule has 2 amide bonds. The zero-order chi connectivity index (χ0) is 18.3. The summed E-state index contributed by atoms with van der Waals surface area (Å²) in [6.07, 6.45) is 0.804. The number of benzene rings is 1. The summed E-state index contributed by atoms with van der Waals surface area (Å²) in [5.74, 6) is -3.61. The standard InChI is InChI=1S/C18H24F2N2O2/c1-4-22-18(24)16(7-11(2)3)15(17(21)23)6-5-12-8-13(19)10-14(20)9-12/h8-10,15-16H,2,4-7H2,1,3H3,(H2,21,23)(H,22,24)/t15-,16+/m0/s1. The van der Waals surface area contributed by atoms with E-state index in [1.165, 1.54) is 12.1 Å². The molecule has 6 heteroatoms. The lowest BCUT2D eigenvalue weighted by Crippen LogP contribution is -2.40. The van der Waals surface area contributed by atoms with Gasteiger partial charge in [0.25, 0.3) is 0 Å². The molecule has 0 unspecified atom stereocenters. The molecule has 0 heterocycles. The minimum absolute atomic E-state index is 0.229. The maximum Gasteiger partial charge on any atom is 0.224 e. The molecule has 1 aromatic rings. The van der Waals surface area contributed by atoms with Gasteiger partial charge in [-0.3, -0.25) is 9.59 Å². The number of nitrogens with one attached hydrogen (secondary N) is 1.